The molecule has 0 spiro atoms. The summed E-state index contributed by atoms with van der Waals surface area (Å²) < 4.78 is 11.0. The molecular formula is C26H16Cl4N2O4. The Balaban J connectivity index is 1.52. The van der Waals surface area contributed by atoms with E-state index in [4.69, 9.17) is 55.9 Å². The maximum absolute atomic E-state index is 12.8. The van der Waals surface area contributed by atoms with E-state index in [1.54, 1.807) is 30.3 Å². The Labute approximate surface area is 226 Å². The van der Waals surface area contributed by atoms with Crippen LogP contribution >= 0.6 is 46.4 Å². The monoisotopic (exact) mass is 560 g/mol. The van der Waals surface area contributed by atoms with E-state index < -0.39 is 11.9 Å². The summed E-state index contributed by atoms with van der Waals surface area (Å²) in [4.78, 5) is 25.0. The van der Waals surface area contributed by atoms with Crippen LogP contribution in [0, 0.1) is 0 Å². The van der Waals surface area contributed by atoms with E-state index in [1.165, 1.54) is 24.4 Å². The van der Waals surface area contributed by atoms with E-state index in [2.05, 4.69) is 10.5 Å². The minimum absolute atomic E-state index is 0.156. The number of nitrogens with zero attached hydrogens (tertiary/aromatic N) is 1. The predicted molar refractivity (Wildman–Crippen MR) is 143 cm³/mol. The van der Waals surface area contributed by atoms with Gasteiger partial charge < -0.3 is 9.47 Å². The maximum Gasteiger partial charge on any atom is 0.345 e. The van der Waals surface area contributed by atoms with Crippen LogP contribution in [0.3, 0.4) is 0 Å². The van der Waals surface area contributed by atoms with E-state index in [0.717, 1.165) is 10.8 Å². The first kappa shape index (κ1) is 25.8. The molecule has 1 N–H and O–H groups in total. The summed E-state index contributed by atoms with van der Waals surface area (Å²) in [6.07, 6.45) is 1.39. The Morgan fingerprint density at radius 1 is 0.833 bits per heavy atom. The van der Waals surface area contributed by atoms with Crippen molar-refractivity contribution in [2.45, 2.75) is 0 Å². The van der Waals surface area contributed by atoms with Gasteiger partial charge in [-0.3, -0.25) is 4.79 Å². The molecule has 4 rings (SSSR count). The van der Waals surface area contributed by atoms with Gasteiger partial charge in [0, 0.05) is 15.6 Å². The van der Waals surface area contributed by atoms with Gasteiger partial charge >= 0.3 is 5.97 Å². The molecule has 0 fully saturated rings. The fraction of sp³-hybridized carbons (Fsp3) is 0.0385. The van der Waals surface area contributed by atoms with E-state index in [-0.39, 0.29) is 28.0 Å². The number of ether oxygens (including phenoxy) is 2. The molecule has 36 heavy (non-hydrogen) atoms. The molecule has 0 heterocycles. The lowest BCUT2D eigenvalue weighted by Crippen LogP contribution is -2.24. The summed E-state index contributed by atoms with van der Waals surface area (Å²) >= 11 is 24.0. The number of carbonyl (C=O) groups excluding carboxylic acids is 2. The number of hydrogen-bond donors (Lipinski definition) is 1. The molecule has 0 atom stereocenters. The van der Waals surface area contributed by atoms with E-state index in [1.807, 2.05) is 24.3 Å². The molecule has 0 unspecified atom stereocenters. The van der Waals surface area contributed by atoms with Crippen molar-refractivity contribution in [1.29, 1.82) is 0 Å². The Morgan fingerprint density at radius 3 is 2.28 bits per heavy atom. The number of benzene rings is 4. The molecule has 0 aromatic heterocycles. The molecule has 0 aliphatic rings. The molecular weight excluding hydrogens is 546 g/mol. The smallest absolute Gasteiger partial charge is 0.345 e. The van der Waals surface area contributed by atoms with Crippen molar-refractivity contribution in [2.24, 2.45) is 5.10 Å². The van der Waals surface area contributed by atoms with E-state index in [9.17, 15) is 9.59 Å². The molecule has 6 nitrogen and oxygen atoms in total. The quantitative estimate of drug-likeness (QED) is 0.112. The number of hydrogen-bond acceptors (Lipinski definition) is 5. The van der Waals surface area contributed by atoms with Crippen molar-refractivity contribution in [3.05, 3.63) is 104 Å². The van der Waals surface area contributed by atoms with E-state index >= 15 is 0 Å². The second-order valence-corrected chi connectivity index (χ2v) is 9.06. The number of halogens is 4. The Kier molecular flexibility index (Phi) is 8.33. The molecule has 0 bridgehead atoms. The molecule has 4 aromatic carbocycles. The van der Waals surface area contributed by atoms with Crippen molar-refractivity contribution < 1.29 is 19.1 Å². The van der Waals surface area contributed by atoms with Gasteiger partial charge in [-0.2, -0.15) is 5.10 Å². The lowest BCUT2D eigenvalue weighted by atomic mass is 10.0. The summed E-state index contributed by atoms with van der Waals surface area (Å²) in [6.45, 7) is -0.328. The zero-order valence-electron chi connectivity index (χ0n) is 18.3. The Hall–Kier alpha value is -3.29. The summed E-state index contributed by atoms with van der Waals surface area (Å²) in [5, 5.41) is 6.95. The molecule has 0 aliphatic heterocycles. The van der Waals surface area contributed by atoms with Crippen molar-refractivity contribution in [3.63, 3.8) is 0 Å². The highest BCUT2D eigenvalue weighted by Crippen LogP contribution is 2.29. The zero-order chi connectivity index (χ0) is 25.7. The average molecular weight is 562 g/mol. The first-order chi connectivity index (χ1) is 17.3. The van der Waals surface area contributed by atoms with Crippen LogP contribution in [0.4, 0.5) is 0 Å². The van der Waals surface area contributed by atoms with Crippen molar-refractivity contribution in [1.82, 2.24) is 5.43 Å². The van der Waals surface area contributed by atoms with Crippen LogP contribution in [0.2, 0.25) is 20.1 Å². The van der Waals surface area contributed by atoms with Gasteiger partial charge in [-0.05, 0) is 53.2 Å². The number of nitrogens with one attached hydrogen (secondary N) is 1. The zero-order valence-corrected chi connectivity index (χ0v) is 21.3. The molecule has 10 heteroatoms. The third-order valence-electron chi connectivity index (χ3n) is 4.92. The predicted octanol–water partition coefficient (Wildman–Crippen LogP) is 7.20. The van der Waals surface area contributed by atoms with E-state index in [0.29, 0.717) is 21.4 Å². The molecule has 0 saturated heterocycles. The van der Waals surface area contributed by atoms with Gasteiger partial charge in [-0.25, -0.2) is 10.2 Å². The third kappa shape index (κ3) is 6.28. The lowest BCUT2D eigenvalue weighted by Gasteiger charge is -2.11. The molecule has 0 aliphatic carbocycles. The van der Waals surface area contributed by atoms with Crippen molar-refractivity contribution in [3.8, 4) is 11.5 Å². The topological polar surface area (TPSA) is 77.0 Å². The molecule has 1 amide bonds. The number of rotatable bonds is 7. The number of amides is 1. The summed E-state index contributed by atoms with van der Waals surface area (Å²) in [6, 6.07) is 20.0. The fourth-order valence-corrected chi connectivity index (χ4v) is 4.19. The number of fused-ring (bicyclic) bond motifs is 1. The van der Waals surface area contributed by atoms with Crippen LogP contribution in [0.25, 0.3) is 10.8 Å². The third-order valence-corrected chi connectivity index (χ3v) is 6.00. The number of carbonyl (C=O) groups is 2. The Bertz CT molecular complexity index is 1490. The SMILES string of the molecule is O=C(COc1ccc(Cl)cc1Cl)N/N=C\c1c(OC(=O)c2ccc(Cl)cc2Cl)ccc2ccccc12. The molecule has 4 aromatic rings. The van der Waals surface area contributed by atoms with Gasteiger partial charge in [0.05, 0.1) is 21.8 Å². The second-order valence-electron chi connectivity index (χ2n) is 7.37. The van der Waals surface area contributed by atoms with Crippen LogP contribution in [-0.4, -0.2) is 24.7 Å². The first-order valence-corrected chi connectivity index (χ1v) is 11.9. The largest absolute Gasteiger partial charge is 0.482 e. The minimum Gasteiger partial charge on any atom is -0.482 e. The Morgan fingerprint density at radius 2 is 1.53 bits per heavy atom. The van der Waals surface area contributed by atoms with Gasteiger partial charge in [0.25, 0.3) is 5.91 Å². The van der Waals surface area contributed by atoms with Crippen LogP contribution in [0.5, 0.6) is 11.5 Å². The maximum atomic E-state index is 12.8. The van der Waals surface area contributed by atoms with Crippen LogP contribution in [0.1, 0.15) is 15.9 Å². The highest BCUT2D eigenvalue weighted by atomic mass is 35.5. The fourth-order valence-electron chi connectivity index (χ4n) is 3.24. The summed E-state index contributed by atoms with van der Waals surface area (Å²) in [7, 11) is 0. The first-order valence-electron chi connectivity index (χ1n) is 10.4. The van der Waals surface area contributed by atoms with Gasteiger partial charge in [0.15, 0.2) is 6.61 Å². The van der Waals surface area contributed by atoms with Crippen LogP contribution in [-0.2, 0) is 4.79 Å². The van der Waals surface area contributed by atoms with Crippen LogP contribution < -0.4 is 14.9 Å². The molecule has 0 saturated carbocycles. The van der Waals surface area contributed by atoms with Gasteiger partial charge in [-0.15, -0.1) is 0 Å². The highest BCUT2D eigenvalue weighted by molar-refractivity contribution is 6.36. The molecule has 182 valence electrons. The van der Waals surface area contributed by atoms with Crippen molar-refractivity contribution >= 4 is 75.3 Å². The lowest BCUT2D eigenvalue weighted by molar-refractivity contribution is -0.123. The van der Waals surface area contributed by atoms with Gasteiger partial charge in [0.1, 0.15) is 11.5 Å². The number of hydrazone groups is 1. The average Bonchev–Trinajstić information content (AvgIpc) is 2.84. The highest BCUT2D eigenvalue weighted by Gasteiger charge is 2.16. The van der Waals surface area contributed by atoms with Gasteiger partial charge in [0.2, 0.25) is 0 Å². The minimum atomic E-state index is -0.668. The molecule has 0 radical (unpaired) electrons. The van der Waals surface area contributed by atoms with Gasteiger partial charge in [-0.1, -0.05) is 76.7 Å². The van der Waals surface area contributed by atoms with Crippen LogP contribution in [0.15, 0.2) is 77.9 Å². The number of esters is 1. The normalized spacial score (nSPS) is 11.0. The second kappa shape index (κ2) is 11.6. The summed E-state index contributed by atoms with van der Waals surface area (Å²) in [5.41, 5.74) is 3.02. The summed E-state index contributed by atoms with van der Waals surface area (Å²) in [5.74, 6) is -0.654. The standard InChI is InChI=1S/C26H16Cl4N2O4/c27-16-6-8-19(21(29)11-16)26(34)36-23-9-5-15-3-1-2-4-18(15)20(23)13-31-32-25(33)14-35-24-10-7-17(28)12-22(24)30/h1-13H,14H2,(H,32,33)/b31-13-. The van der Waals surface area contributed by atoms with Crippen molar-refractivity contribution in [2.75, 3.05) is 6.61 Å².